The monoisotopic (exact) mass is 178 g/mol. The van der Waals surface area contributed by atoms with E-state index < -0.39 is 0 Å². The summed E-state index contributed by atoms with van der Waals surface area (Å²) in [5.74, 6) is 0. The second-order valence-corrected chi connectivity index (χ2v) is 2.49. The molecule has 0 atom stereocenters. The molecule has 0 saturated heterocycles. The first-order valence-corrected chi connectivity index (χ1v) is 3.80. The molecule has 1 rings (SSSR count). The van der Waals surface area contributed by atoms with Gasteiger partial charge in [-0.3, -0.25) is 5.21 Å². The van der Waals surface area contributed by atoms with Crippen LogP contribution in [-0.2, 0) is 6.42 Å². The Labute approximate surface area is 76.0 Å². The van der Waals surface area contributed by atoms with Gasteiger partial charge < -0.3 is 0 Å². The van der Waals surface area contributed by atoms with Crippen molar-refractivity contribution in [2.75, 3.05) is 5.17 Å². The SMILES string of the molecule is C=CCc1ccccc1N(O)N=O. The van der Waals surface area contributed by atoms with Crippen LogP contribution in [0.25, 0.3) is 0 Å². The summed E-state index contributed by atoms with van der Waals surface area (Å²) in [5, 5.41) is 11.8. The quantitative estimate of drug-likeness (QED) is 0.437. The third kappa shape index (κ3) is 2.13. The highest BCUT2D eigenvalue weighted by molar-refractivity contribution is 5.51. The molecule has 0 radical (unpaired) electrons. The standard InChI is InChI=1S/C9H10N2O2/c1-2-5-8-6-3-4-7-9(8)11(13)10-12/h2-4,6-7,13H,1,5H2. The van der Waals surface area contributed by atoms with E-state index in [0.29, 0.717) is 17.3 Å². The normalized spacial score (nSPS) is 9.31. The Morgan fingerprint density at radius 1 is 1.54 bits per heavy atom. The number of rotatable bonds is 4. The molecule has 0 bridgehead atoms. The number of hydrogen-bond acceptors (Lipinski definition) is 3. The molecule has 0 aliphatic carbocycles. The summed E-state index contributed by atoms with van der Waals surface area (Å²) in [5.41, 5.74) is 1.19. The smallest absolute Gasteiger partial charge is 0.0967 e. The first-order chi connectivity index (χ1) is 6.29. The lowest BCUT2D eigenvalue weighted by molar-refractivity contribution is 0.257. The van der Waals surface area contributed by atoms with Crippen LogP contribution in [0.3, 0.4) is 0 Å². The number of benzene rings is 1. The summed E-state index contributed by atoms with van der Waals surface area (Å²) in [6, 6.07) is 6.95. The van der Waals surface area contributed by atoms with Crippen LogP contribution in [0.1, 0.15) is 5.56 Å². The van der Waals surface area contributed by atoms with Crippen LogP contribution in [0.2, 0.25) is 0 Å². The Balaban J connectivity index is 3.02. The van der Waals surface area contributed by atoms with Gasteiger partial charge in [-0.1, -0.05) is 24.3 Å². The lowest BCUT2D eigenvalue weighted by atomic mass is 10.1. The van der Waals surface area contributed by atoms with Gasteiger partial charge in [0.25, 0.3) is 0 Å². The Bertz CT molecular complexity index is 312. The molecule has 0 aliphatic rings. The van der Waals surface area contributed by atoms with E-state index in [1.165, 1.54) is 0 Å². The average molecular weight is 178 g/mol. The maximum atomic E-state index is 10.1. The maximum absolute atomic E-state index is 10.1. The second kappa shape index (κ2) is 4.37. The lowest BCUT2D eigenvalue weighted by Crippen LogP contribution is -2.10. The largest absolute Gasteiger partial charge is 0.265 e. The van der Waals surface area contributed by atoms with E-state index in [1.54, 1.807) is 24.3 Å². The van der Waals surface area contributed by atoms with E-state index in [4.69, 9.17) is 5.21 Å². The van der Waals surface area contributed by atoms with Crippen LogP contribution in [0.4, 0.5) is 5.69 Å². The molecular weight excluding hydrogens is 168 g/mol. The fourth-order valence-electron chi connectivity index (χ4n) is 1.08. The van der Waals surface area contributed by atoms with E-state index in [2.05, 4.69) is 11.9 Å². The molecule has 0 amide bonds. The van der Waals surface area contributed by atoms with Gasteiger partial charge in [-0.15, -0.1) is 16.7 Å². The minimum atomic E-state index is 0.318. The molecule has 68 valence electrons. The number of allylic oxidation sites excluding steroid dienone is 1. The molecule has 0 fully saturated rings. The van der Waals surface area contributed by atoms with Crippen LogP contribution in [0.5, 0.6) is 0 Å². The molecule has 1 N–H and O–H groups in total. The third-order valence-corrected chi connectivity index (χ3v) is 1.65. The van der Waals surface area contributed by atoms with Gasteiger partial charge in [0.05, 0.1) is 11.0 Å². The zero-order valence-electron chi connectivity index (χ0n) is 7.05. The summed E-state index contributed by atoms with van der Waals surface area (Å²) in [7, 11) is 0. The van der Waals surface area contributed by atoms with Crippen molar-refractivity contribution < 1.29 is 5.21 Å². The third-order valence-electron chi connectivity index (χ3n) is 1.65. The molecule has 0 aromatic heterocycles. The maximum Gasteiger partial charge on any atom is 0.0967 e. The van der Waals surface area contributed by atoms with Crippen molar-refractivity contribution in [3.05, 3.63) is 47.4 Å². The van der Waals surface area contributed by atoms with Crippen molar-refractivity contribution >= 4 is 5.69 Å². The first kappa shape index (κ1) is 9.41. The molecule has 1 aromatic carbocycles. The highest BCUT2D eigenvalue weighted by Crippen LogP contribution is 2.19. The molecule has 13 heavy (non-hydrogen) atoms. The van der Waals surface area contributed by atoms with Crippen molar-refractivity contribution in [1.82, 2.24) is 0 Å². The van der Waals surface area contributed by atoms with Gasteiger partial charge >= 0.3 is 0 Å². The van der Waals surface area contributed by atoms with Gasteiger partial charge in [0.2, 0.25) is 0 Å². The Morgan fingerprint density at radius 2 is 2.23 bits per heavy atom. The number of hydrogen-bond donors (Lipinski definition) is 1. The second-order valence-electron chi connectivity index (χ2n) is 2.49. The zero-order valence-corrected chi connectivity index (χ0v) is 7.05. The molecule has 1 aromatic rings. The molecule has 0 heterocycles. The molecule has 0 unspecified atom stereocenters. The van der Waals surface area contributed by atoms with E-state index in [9.17, 15) is 4.91 Å². The van der Waals surface area contributed by atoms with E-state index in [1.807, 2.05) is 6.07 Å². The molecule has 4 heteroatoms. The minimum Gasteiger partial charge on any atom is -0.265 e. The van der Waals surface area contributed by atoms with Crippen molar-refractivity contribution in [2.45, 2.75) is 6.42 Å². The Morgan fingerprint density at radius 3 is 2.85 bits per heavy atom. The summed E-state index contributed by atoms with van der Waals surface area (Å²) in [6.07, 6.45) is 2.28. The molecule has 0 saturated carbocycles. The molecule has 4 nitrogen and oxygen atoms in total. The fraction of sp³-hybridized carbons (Fsp3) is 0.111. The Kier molecular flexibility index (Phi) is 3.16. The number of nitrogens with zero attached hydrogens (tertiary/aromatic N) is 2. The van der Waals surface area contributed by atoms with Crippen molar-refractivity contribution in [1.29, 1.82) is 0 Å². The fourth-order valence-corrected chi connectivity index (χ4v) is 1.08. The predicted molar refractivity (Wildman–Crippen MR) is 50.4 cm³/mol. The van der Waals surface area contributed by atoms with Crippen LogP contribution in [0, 0.1) is 4.91 Å². The van der Waals surface area contributed by atoms with Gasteiger partial charge in [0.1, 0.15) is 0 Å². The van der Waals surface area contributed by atoms with Gasteiger partial charge in [0.15, 0.2) is 0 Å². The topological polar surface area (TPSA) is 52.9 Å². The number of anilines is 1. The number of para-hydroxylation sites is 1. The van der Waals surface area contributed by atoms with Crippen LogP contribution >= 0.6 is 0 Å². The minimum absolute atomic E-state index is 0.318. The van der Waals surface area contributed by atoms with E-state index >= 15 is 0 Å². The Hall–Kier alpha value is -1.68. The molecular formula is C9H10N2O2. The summed E-state index contributed by atoms with van der Waals surface area (Å²) in [4.78, 5) is 10.1. The van der Waals surface area contributed by atoms with Crippen LogP contribution in [0.15, 0.2) is 42.2 Å². The zero-order chi connectivity index (χ0) is 9.68. The van der Waals surface area contributed by atoms with Crippen molar-refractivity contribution in [2.24, 2.45) is 5.29 Å². The highest BCUT2D eigenvalue weighted by Gasteiger charge is 2.06. The summed E-state index contributed by atoms with van der Waals surface area (Å²) < 4.78 is 0. The first-order valence-electron chi connectivity index (χ1n) is 3.80. The summed E-state index contributed by atoms with van der Waals surface area (Å²) in [6.45, 7) is 3.57. The van der Waals surface area contributed by atoms with E-state index in [0.717, 1.165) is 5.56 Å². The summed E-state index contributed by atoms with van der Waals surface area (Å²) >= 11 is 0. The molecule has 0 spiro atoms. The van der Waals surface area contributed by atoms with Gasteiger partial charge in [-0.2, -0.15) is 0 Å². The van der Waals surface area contributed by atoms with Crippen molar-refractivity contribution in [3.63, 3.8) is 0 Å². The van der Waals surface area contributed by atoms with Gasteiger partial charge in [-0.25, -0.2) is 0 Å². The average Bonchev–Trinajstić information content (AvgIpc) is 2.18. The van der Waals surface area contributed by atoms with Crippen molar-refractivity contribution in [3.8, 4) is 0 Å². The van der Waals surface area contributed by atoms with Gasteiger partial charge in [-0.05, 0) is 18.1 Å². The lowest BCUT2D eigenvalue weighted by Gasteiger charge is -2.10. The predicted octanol–water partition coefficient (Wildman–Crippen LogP) is 2.29. The number of nitroso groups, excluding NO2 is 1. The van der Waals surface area contributed by atoms with Crippen LogP contribution in [-0.4, -0.2) is 5.21 Å². The molecule has 0 aliphatic heterocycles. The van der Waals surface area contributed by atoms with Crippen LogP contribution < -0.4 is 5.17 Å². The van der Waals surface area contributed by atoms with Gasteiger partial charge in [0, 0.05) is 0 Å². The van der Waals surface area contributed by atoms with E-state index in [-0.39, 0.29) is 0 Å². The highest BCUT2D eigenvalue weighted by atomic mass is 16.6.